The van der Waals surface area contributed by atoms with Crippen molar-refractivity contribution in [3.8, 4) is 22.6 Å². The number of rotatable bonds is 7. The average Bonchev–Trinajstić information content (AvgIpc) is 2.72. The summed E-state index contributed by atoms with van der Waals surface area (Å²) in [5, 5.41) is -1.56. The Kier molecular flexibility index (Phi) is 6.29. The fourth-order valence-corrected chi connectivity index (χ4v) is 2.79. The molecular weight excluding hydrogens is 401 g/mol. The Bertz CT molecular complexity index is 990. The molecule has 5 nitrogen and oxygen atoms in total. The summed E-state index contributed by atoms with van der Waals surface area (Å²) in [6, 6.07) is 18.0. The van der Waals surface area contributed by atoms with Crippen LogP contribution in [0.4, 0.5) is 0 Å². The van der Waals surface area contributed by atoms with Crippen LogP contribution in [0.2, 0.25) is 0 Å². The molecule has 0 aliphatic carbocycles. The molecule has 0 saturated carbocycles. The molecule has 28 heavy (non-hydrogen) atoms. The standard InChI is InChI=1S/C21H15Cl2NO4/c1-27-19-11-14(7-8-18(19)28-12-13-5-3-2-4-6-13)15-9-16(20(22)25)24-17(10-15)21(23)26/h2-11H,12H2,1H3. The van der Waals surface area contributed by atoms with Gasteiger partial charge in [0.15, 0.2) is 11.5 Å². The minimum absolute atomic E-state index is 0.0634. The van der Waals surface area contributed by atoms with Gasteiger partial charge < -0.3 is 9.47 Å². The van der Waals surface area contributed by atoms with Gasteiger partial charge in [-0.15, -0.1) is 0 Å². The normalized spacial score (nSPS) is 10.4. The summed E-state index contributed by atoms with van der Waals surface area (Å²) >= 11 is 11.0. The van der Waals surface area contributed by atoms with Gasteiger partial charge in [-0.05, 0) is 64.2 Å². The van der Waals surface area contributed by atoms with Crippen molar-refractivity contribution in [1.29, 1.82) is 0 Å². The molecule has 142 valence electrons. The molecule has 2 aromatic carbocycles. The van der Waals surface area contributed by atoms with Crippen LogP contribution in [0.25, 0.3) is 11.1 Å². The van der Waals surface area contributed by atoms with Gasteiger partial charge in [-0.25, -0.2) is 4.98 Å². The number of methoxy groups -OCH3 is 1. The Morgan fingerprint density at radius 1 is 0.857 bits per heavy atom. The molecule has 0 atom stereocenters. The van der Waals surface area contributed by atoms with Crippen LogP contribution in [-0.2, 0) is 6.61 Å². The van der Waals surface area contributed by atoms with Crippen LogP contribution < -0.4 is 9.47 Å². The molecular formula is C21H15Cl2NO4. The van der Waals surface area contributed by atoms with Gasteiger partial charge >= 0.3 is 0 Å². The number of benzene rings is 2. The van der Waals surface area contributed by atoms with Gasteiger partial charge in [0, 0.05) is 0 Å². The first kappa shape index (κ1) is 19.9. The lowest BCUT2D eigenvalue weighted by atomic mass is 10.0. The van der Waals surface area contributed by atoms with Gasteiger partial charge in [-0.1, -0.05) is 36.4 Å². The SMILES string of the molecule is COc1cc(-c2cc(C(=O)Cl)nc(C(=O)Cl)c2)ccc1OCc1ccccc1. The summed E-state index contributed by atoms with van der Waals surface area (Å²) in [6.07, 6.45) is 0. The number of hydrogen-bond acceptors (Lipinski definition) is 5. The second-order valence-corrected chi connectivity index (χ2v) is 6.50. The Labute approximate surface area is 171 Å². The predicted molar refractivity (Wildman–Crippen MR) is 107 cm³/mol. The van der Waals surface area contributed by atoms with Crippen molar-refractivity contribution < 1.29 is 19.1 Å². The van der Waals surface area contributed by atoms with Crippen molar-refractivity contribution in [2.75, 3.05) is 7.11 Å². The molecule has 0 aliphatic rings. The third-order valence-corrected chi connectivity index (χ3v) is 4.35. The molecule has 3 rings (SSSR count). The Morgan fingerprint density at radius 2 is 1.50 bits per heavy atom. The van der Waals surface area contributed by atoms with Crippen LogP contribution in [0.3, 0.4) is 0 Å². The summed E-state index contributed by atoms with van der Waals surface area (Å²) in [5.41, 5.74) is 2.14. The average molecular weight is 416 g/mol. The Morgan fingerprint density at radius 3 is 2.07 bits per heavy atom. The van der Waals surface area contributed by atoms with Crippen molar-refractivity contribution in [1.82, 2.24) is 4.98 Å². The van der Waals surface area contributed by atoms with Crippen molar-refractivity contribution >= 4 is 33.7 Å². The van der Waals surface area contributed by atoms with Crippen LogP contribution in [0.5, 0.6) is 11.5 Å². The first-order valence-corrected chi connectivity index (χ1v) is 9.00. The van der Waals surface area contributed by atoms with E-state index in [-0.39, 0.29) is 11.4 Å². The molecule has 0 fully saturated rings. The fraction of sp³-hybridized carbons (Fsp3) is 0.0952. The molecule has 0 amide bonds. The fourth-order valence-electron chi connectivity index (χ4n) is 2.60. The minimum Gasteiger partial charge on any atom is -0.493 e. The molecule has 0 unspecified atom stereocenters. The Balaban J connectivity index is 1.93. The molecule has 0 spiro atoms. The van der Waals surface area contributed by atoms with E-state index in [1.54, 1.807) is 18.2 Å². The highest BCUT2D eigenvalue weighted by molar-refractivity contribution is 6.68. The van der Waals surface area contributed by atoms with E-state index in [1.807, 2.05) is 30.3 Å². The van der Waals surface area contributed by atoms with E-state index in [4.69, 9.17) is 32.7 Å². The van der Waals surface area contributed by atoms with Gasteiger partial charge in [0.25, 0.3) is 10.5 Å². The van der Waals surface area contributed by atoms with Crippen LogP contribution in [0.15, 0.2) is 60.7 Å². The van der Waals surface area contributed by atoms with Crippen molar-refractivity contribution in [2.45, 2.75) is 6.61 Å². The zero-order valence-electron chi connectivity index (χ0n) is 14.8. The van der Waals surface area contributed by atoms with Gasteiger partial charge in [0.05, 0.1) is 7.11 Å². The summed E-state index contributed by atoms with van der Waals surface area (Å²) in [4.78, 5) is 26.9. The number of pyridine rings is 1. The maximum Gasteiger partial charge on any atom is 0.270 e. The van der Waals surface area contributed by atoms with E-state index < -0.39 is 10.5 Å². The van der Waals surface area contributed by atoms with E-state index in [2.05, 4.69) is 4.98 Å². The summed E-state index contributed by atoms with van der Waals surface area (Å²) in [5.74, 6) is 1.06. The molecule has 0 saturated heterocycles. The van der Waals surface area contributed by atoms with E-state index in [1.165, 1.54) is 19.2 Å². The molecule has 3 aromatic rings. The lowest BCUT2D eigenvalue weighted by Crippen LogP contribution is -2.02. The Hall–Kier alpha value is -2.89. The summed E-state index contributed by atoms with van der Waals surface area (Å²) < 4.78 is 11.3. The molecule has 1 heterocycles. The van der Waals surface area contributed by atoms with Gasteiger partial charge in [0.2, 0.25) is 0 Å². The summed E-state index contributed by atoms with van der Waals surface area (Å²) in [6.45, 7) is 0.390. The third kappa shape index (κ3) is 4.68. The monoisotopic (exact) mass is 415 g/mol. The van der Waals surface area contributed by atoms with E-state index in [0.29, 0.717) is 29.2 Å². The highest BCUT2D eigenvalue weighted by Crippen LogP contribution is 2.33. The number of hydrogen-bond donors (Lipinski definition) is 0. The zero-order valence-corrected chi connectivity index (χ0v) is 16.3. The van der Waals surface area contributed by atoms with Crippen LogP contribution >= 0.6 is 23.2 Å². The lowest BCUT2D eigenvalue weighted by Gasteiger charge is -2.13. The minimum atomic E-state index is -0.782. The number of aromatic nitrogens is 1. The van der Waals surface area contributed by atoms with Crippen molar-refractivity contribution in [3.63, 3.8) is 0 Å². The number of nitrogens with zero attached hydrogens (tertiary/aromatic N) is 1. The van der Waals surface area contributed by atoms with Crippen molar-refractivity contribution in [3.05, 3.63) is 77.6 Å². The quantitative estimate of drug-likeness (QED) is 0.502. The first-order valence-electron chi connectivity index (χ1n) is 8.25. The van der Waals surface area contributed by atoms with E-state index in [9.17, 15) is 9.59 Å². The van der Waals surface area contributed by atoms with E-state index >= 15 is 0 Å². The van der Waals surface area contributed by atoms with Crippen LogP contribution in [0, 0.1) is 0 Å². The third-order valence-electron chi connectivity index (χ3n) is 3.96. The van der Waals surface area contributed by atoms with Gasteiger partial charge in [-0.3, -0.25) is 9.59 Å². The number of halogens is 2. The maximum atomic E-state index is 11.5. The summed E-state index contributed by atoms with van der Waals surface area (Å²) in [7, 11) is 1.53. The second kappa shape index (κ2) is 8.87. The highest BCUT2D eigenvalue weighted by atomic mass is 35.5. The molecule has 0 radical (unpaired) electrons. The predicted octanol–water partition coefficient (Wildman–Crippen LogP) is 5.09. The smallest absolute Gasteiger partial charge is 0.270 e. The van der Waals surface area contributed by atoms with Crippen molar-refractivity contribution in [2.24, 2.45) is 0 Å². The van der Waals surface area contributed by atoms with Crippen LogP contribution in [0.1, 0.15) is 26.5 Å². The molecule has 0 N–H and O–H groups in total. The number of carbonyl (C=O) groups excluding carboxylic acids is 2. The topological polar surface area (TPSA) is 65.5 Å². The number of ether oxygens (including phenoxy) is 2. The zero-order chi connectivity index (χ0) is 20.1. The van der Waals surface area contributed by atoms with Gasteiger partial charge in [-0.2, -0.15) is 0 Å². The molecule has 1 aromatic heterocycles. The molecule has 7 heteroatoms. The molecule has 0 aliphatic heterocycles. The first-order chi connectivity index (χ1) is 13.5. The second-order valence-electron chi connectivity index (χ2n) is 5.81. The van der Waals surface area contributed by atoms with Gasteiger partial charge in [0.1, 0.15) is 18.0 Å². The van der Waals surface area contributed by atoms with Crippen LogP contribution in [-0.4, -0.2) is 22.6 Å². The lowest BCUT2D eigenvalue weighted by molar-refractivity contribution is 0.107. The van der Waals surface area contributed by atoms with E-state index in [0.717, 1.165) is 5.56 Å². The maximum absolute atomic E-state index is 11.5. The largest absolute Gasteiger partial charge is 0.493 e. The molecule has 0 bridgehead atoms. The highest BCUT2D eigenvalue weighted by Gasteiger charge is 2.15. The number of carbonyl (C=O) groups is 2.